The second-order valence-corrected chi connectivity index (χ2v) is 5.32. The number of aliphatic carboxylic acids is 1. The molecule has 0 atom stereocenters. The van der Waals surface area contributed by atoms with Crippen molar-refractivity contribution in [1.29, 1.82) is 0 Å². The lowest BCUT2D eigenvalue weighted by molar-refractivity contribution is -0.134. The highest BCUT2D eigenvalue weighted by Crippen LogP contribution is 2.06. The van der Waals surface area contributed by atoms with Crippen LogP contribution in [0.1, 0.15) is 0 Å². The normalized spacial score (nSPS) is 19.5. The van der Waals surface area contributed by atoms with Crippen molar-refractivity contribution in [1.82, 2.24) is 9.21 Å². The fourth-order valence-electron chi connectivity index (χ4n) is 1.31. The second-order valence-electron chi connectivity index (χ2n) is 3.35. The zero-order valence-electron chi connectivity index (χ0n) is 8.42. The molecular formula is C7H15ClN2O4S. The van der Waals surface area contributed by atoms with Crippen molar-refractivity contribution in [2.24, 2.45) is 0 Å². The number of likely N-dealkylation sites (N-methyl/N-ethyl adjacent to an activating group) is 1. The lowest BCUT2D eigenvalue weighted by Crippen LogP contribution is -2.48. The summed E-state index contributed by atoms with van der Waals surface area (Å²) in [4.78, 5) is 12.3. The first kappa shape index (κ1) is 14.6. The molecule has 15 heavy (non-hydrogen) atoms. The Morgan fingerprint density at radius 1 is 1.27 bits per heavy atom. The summed E-state index contributed by atoms with van der Waals surface area (Å²) in [6.45, 7) is 2.07. The average molecular weight is 259 g/mol. The van der Waals surface area contributed by atoms with Crippen LogP contribution in [-0.2, 0) is 14.8 Å². The molecular weight excluding hydrogens is 244 g/mol. The highest BCUT2D eigenvalue weighted by atomic mass is 35.5. The topological polar surface area (TPSA) is 77.9 Å². The fourth-order valence-corrected chi connectivity index (χ4v) is 2.53. The Bertz CT molecular complexity index is 311. The zero-order chi connectivity index (χ0) is 10.8. The molecule has 1 N–H and O–H groups in total. The first-order valence-corrected chi connectivity index (χ1v) is 5.91. The molecule has 1 aliphatic heterocycles. The van der Waals surface area contributed by atoms with Crippen molar-refractivity contribution in [3.63, 3.8) is 0 Å². The highest BCUT2D eigenvalue weighted by Gasteiger charge is 2.27. The maximum atomic E-state index is 11.4. The smallest absolute Gasteiger partial charge is 0.320 e. The van der Waals surface area contributed by atoms with Gasteiger partial charge in [0, 0.05) is 26.2 Å². The van der Waals surface area contributed by atoms with Crippen LogP contribution in [-0.4, -0.2) is 67.7 Å². The van der Waals surface area contributed by atoms with E-state index >= 15 is 0 Å². The fraction of sp³-hybridized carbons (Fsp3) is 0.857. The molecule has 1 saturated heterocycles. The Morgan fingerprint density at radius 3 is 2.13 bits per heavy atom. The molecule has 0 bridgehead atoms. The van der Waals surface area contributed by atoms with Crippen molar-refractivity contribution in [2.45, 2.75) is 0 Å². The van der Waals surface area contributed by atoms with Crippen LogP contribution in [0.25, 0.3) is 0 Å². The van der Waals surface area contributed by atoms with Gasteiger partial charge in [-0.1, -0.05) is 0 Å². The van der Waals surface area contributed by atoms with Gasteiger partial charge in [-0.3, -0.25) is 4.79 Å². The van der Waals surface area contributed by atoms with Gasteiger partial charge in [-0.25, -0.2) is 8.42 Å². The molecule has 0 spiro atoms. The summed E-state index contributed by atoms with van der Waals surface area (Å²) in [6, 6.07) is 0. The summed E-state index contributed by atoms with van der Waals surface area (Å²) in [7, 11) is -1.69. The Kier molecular flexibility index (Phi) is 5.50. The van der Waals surface area contributed by atoms with E-state index in [9.17, 15) is 13.2 Å². The van der Waals surface area contributed by atoms with Gasteiger partial charge in [-0.15, -0.1) is 12.4 Å². The summed E-state index contributed by atoms with van der Waals surface area (Å²) in [6.07, 6.45) is 0. The van der Waals surface area contributed by atoms with Crippen LogP contribution < -0.4 is 0 Å². The number of halogens is 1. The van der Waals surface area contributed by atoms with Gasteiger partial charge in [0.15, 0.2) is 5.75 Å². The van der Waals surface area contributed by atoms with Gasteiger partial charge in [0.2, 0.25) is 10.0 Å². The predicted molar refractivity (Wildman–Crippen MR) is 57.7 cm³/mol. The predicted octanol–water partition coefficient (Wildman–Crippen LogP) is -0.930. The molecule has 1 heterocycles. The summed E-state index contributed by atoms with van der Waals surface area (Å²) >= 11 is 0. The van der Waals surface area contributed by atoms with Crippen LogP contribution in [0.5, 0.6) is 0 Å². The third-order valence-electron chi connectivity index (χ3n) is 2.16. The molecule has 90 valence electrons. The number of carboxylic acids is 1. The molecule has 1 rings (SSSR count). The standard InChI is InChI=1S/C7H14N2O4S.ClH/c1-8-2-4-9(5-3-8)14(12,13)6-7(10)11;/h2-6H2,1H3,(H,10,11);1H. The molecule has 0 saturated carbocycles. The monoisotopic (exact) mass is 258 g/mol. The molecule has 0 unspecified atom stereocenters. The van der Waals surface area contributed by atoms with E-state index in [1.165, 1.54) is 4.31 Å². The molecule has 0 aromatic rings. The van der Waals surface area contributed by atoms with E-state index in [-0.39, 0.29) is 12.4 Å². The number of nitrogens with zero attached hydrogens (tertiary/aromatic N) is 2. The summed E-state index contributed by atoms with van der Waals surface area (Å²) < 4.78 is 24.1. The molecule has 0 aromatic carbocycles. The minimum atomic E-state index is -3.60. The molecule has 1 aliphatic rings. The van der Waals surface area contributed by atoms with Crippen LogP contribution in [0.4, 0.5) is 0 Å². The number of sulfonamides is 1. The minimum Gasteiger partial charge on any atom is -0.480 e. The molecule has 0 radical (unpaired) electrons. The molecule has 0 amide bonds. The number of rotatable bonds is 3. The quantitative estimate of drug-likeness (QED) is 0.708. The van der Waals surface area contributed by atoms with Gasteiger partial charge >= 0.3 is 5.97 Å². The van der Waals surface area contributed by atoms with E-state index in [0.717, 1.165) is 0 Å². The van der Waals surface area contributed by atoms with Crippen LogP contribution in [0.2, 0.25) is 0 Å². The van der Waals surface area contributed by atoms with Crippen LogP contribution in [0, 0.1) is 0 Å². The second kappa shape index (κ2) is 5.64. The van der Waals surface area contributed by atoms with Gasteiger partial charge in [-0.05, 0) is 7.05 Å². The number of carboxylic acid groups (broad SMARTS) is 1. The number of piperazine rings is 1. The van der Waals surface area contributed by atoms with Gasteiger partial charge in [-0.2, -0.15) is 4.31 Å². The Labute approximate surface area is 95.3 Å². The first-order valence-electron chi connectivity index (χ1n) is 4.30. The third-order valence-corrected chi connectivity index (χ3v) is 3.93. The van der Waals surface area contributed by atoms with Gasteiger partial charge in [0.25, 0.3) is 0 Å². The minimum absolute atomic E-state index is 0. The van der Waals surface area contributed by atoms with Crippen molar-refractivity contribution >= 4 is 28.4 Å². The van der Waals surface area contributed by atoms with E-state index in [2.05, 4.69) is 0 Å². The van der Waals surface area contributed by atoms with Crippen molar-refractivity contribution < 1.29 is 18.3 Å². The van der Waals surface area contributed by atoms with Crippen LogP contribution in [0.15, 0.2) is 0 Å². The zero-order valence-corrected chi connectivity index (χ0v) is 10.1. The average Bonchev–Trinajstić information content (AvgIpc) is 2.02. The number of carbonyl (C=O) groups is 1. The largest absolute Gasteiger partial charge is 0.480 e. The molecule has 6 nitrogen and oxygen atoms in total. The van der Waals surface area contributed by atoms with E-state index < -0.39 is 21.7 Å². The first-order chi connectivity index (χ1) is 6.42. The SMILES string of the molecule is CN1CCN(S(=O)(=O)CC(=O)O)CC1.Cl. The molecule has 0 aliphatic carbocycles. The Morgan fingerprint density at radius 2 is 1.73 bits per heavy atom. The maximum absolute atomic E-state index is 11.4. The summed E-state index contributed by atoms with van der Waals surface area (Å²) in [5.74, 6) is -2.11. The van der Waals surface area contributed by atoms with Gasteiger partial charge in [0.1, 0.15) is 0 Å². The lowest BCUT2D eigenvalue weighted by Gasteiger charge is -2.31. The van der Waals surface area contributed by atoms with E-state index in [1.54, 1.807) is 0 Å². The number of hydrogen-bond donors (Lipinski definition) is 1. The molecule has 0 aromatic heterocycles. The molecule has 8 heteroatoms. The van der Waals surface area contributed by atoms with Gasteiger partial charge < -0.3 is 10.0 Å². The van der Waals surface area contributed by atoms with E-state index in [4.69, 9.17) is 5.11 Å². The van der Waals surface area contributed by atoms with Crippen LogP contribution in [0.3, 0.4) is 0 Å². The summed E-state index contributed by atoms with van der Waals surface area (Å²) in [5.41, 5.74) is 0. The molecule has 1 fully saturated rings. The maximum Gasteiger partial charge on any atom is 0.320 e. The lowest BCUT2D eigenvalue weighted by atomic mass is 10.4. The van der Waals surface area contributed by atoms with Gasteiger partial charge in [0.05, 0.1) is 0 Å². The van der Waals surface area contributed by atoms with Crippen molar-refractivity contribution in [2.75, 3.05) is 39.0 Å². The summed E-state index contributed by atoms with van der Waals surface area (Å²) in [5, 5.41) is 8.42. The Hall–Kier alpha value is -0.370. The highest BCUT2D eigenvalue weighted by molar-refractivity contribution is 7.89. The third kappa shape index (κ3) is 4.33. The van der Waals surface area contributed by atoms with E-state index in [1.807, 2.05) is 11.9 Å². The number of hydrogen-bond acceptors (Lipinski definition) is 4. The van der Waals surface area contributed by atoms with Crippen molar-refractivity contribution in [3.05, 3.63) is 0 Å². The Balaban J connectivity index is 0.00000196. The van der Waals surface area contributed by atoms with Crippen molar-refractivity contribution in [3.8, 4) is 0 Å². The van der Waals surface area contributed by atoms with Crippen LogP contribution >= 0.6 is 12.4 Å². The van der Waals surface area contributed by atoms with E-state index in [0.29, 0.717) is 26.2 Å².